The minimum absolute atomic E-state index is 0.0138. The number of para-hydroxylation sites is 1. The van der Waals surface area contributed by atoms with Crippen molar-refractivity contribution in [3.05, 3.63) is 53.3 Å². The van der Waals surface area contributed by atoms with E-state index in [1.807, 2.05) is 0 Å². The molecule has 0 N–H and O–H groups in total. The van der Waals surface area contributed by atoms with Crippen LogP contribution in [0, 0.1) is 0 Å². The molecule has 2 aliphatic rings. The molecule has 3 rings (SSSR count). The van der Waals surface area contributed by atoms with Gasteiger partial charge in [0.2, 0.25) is 0 Å². The van der Waals surface area contributed by atoms with Gasteiger partial charge >= 0.3 is 0 Å². The predicted octanol–water partition coefficient (Wildman–Crippen LogP) is 4.37. The molecule has 1 aliphatic carbocycles. The van der Waals surface area contributed by atoms with E-state index >= 15 is 0 Å². The van der Waals surface area contributed by atoms with Crippen molar-refractivity contribution in [1.29, 1.82) is 0 Å². The topological polar surface area (TPSA) is 20.3 Å². The Hall–Kier alpha value is -1.83. The first kappa shape index (κ1) is 14.1. The molecular weight excluding hydrogens is 258 g/mol. The number of fused-ring (bicyclic) bond motifs is 1. The number of ketones is 1. The molecule has 1 aliphatic heterocycles. The van der Waals surface area contributed by atoms with Gasteiger partial charge in [-0.25, -0.2) is 0 Å². The standard InChI is InChI=1S/C19H23NO/c1-19(2)15-9-5-6-10-16(15)20(3)18(19)13-12-14-8-4-7-11-17(14)21/h5-6,9-10,12-13H,4,7-8,11H2,1-3H3/b14-12-,18-13-. The highest BCUT2D eigenvalue weighted by Gasteiger charge is 2.37. The third-order valence-electron chi connectivity index (χ3n) is 4.84. The summed E-state index contributed by atoms with van der Waals surface area (Å²) in [5, 5.41) is 0. The second-order valence-electron chi connectivity index (χ2n) is 6.58. The van der Waals surface area contributed by atoms with Crippen molar-refractivity contribution in [2.24, 2.45) is 0 Å². The summed E-state index contributed by atoms with van der Waals surface area (Å²) in [6, 6.07) is 8.54. The number of hydrogen-bond acceptors (Lipinski definition) is 2. The molecule has 0 radical (unpaired) electrons. The minimum atomic E-state index is -0.0138. The second kappa shape index (κ2) is 5.18. The quantitative estimate of drug-likeness (QED) is 0.713. The summed E-state index contributed by atoms with van der Waals surface area (Å²) in [6.45, 7) is 4.50. The monoisotopic (exact) mass is 281 g/mol. The molecule has 1 fully saturated rings. The fourth-order valence-corrected chi connectivity index (χ4v) is 3.56. The zero-order valence-corrected chi connectivity index (χ0v) is 13.1. The maximum absolute atomic E-state index is 11.9. The summed E-state index contributed by atoms with van der Waals surface area (Å²) in [5.41, 5.74) is 4.86. The van der Waals surface area contributed by atoms with E-state index in [0.717, 1.165) is 24.8 Å². The molecule has 2 nitrogen and oxygen atoms in total. The molecule has 2 heteroatoms. The lowest BCUT2D eigenvalue weighted by Gasteiger charge is -2.24. The Morgan fingerprint density at radius 1 is 1.10 bits per heavy atom. The first-order valence-corrected chi connectivity index (χ1v) is 7.79. The number of allylic oxidation sites excluding steroid dienone is 4. The van der Waals surface area contributed by atoms with Crippen LogP contribution in [-0.2, 0) is 10.2 Å². The first-order valence-electron chi connectivity index (χ1n) is 7.79. The molecule has 0 atom stereocenters. The zero-order chi connectivity index (χ0) is 15.0. The predicted molar refractivity (Wildman–Crippen MR) is 87.5 cm³/mol. The molecule has 0 aromatic heterocycles. The Labute approximate surface area is 127 Å². The Morgan fingerprint density at radius 3 is 2.52 bits per heavy atom. The van der Waals surface area contributed by atoms with Crippen LogP contribution in [0.2, 0.25) is 0 Å². The molecule has 0 amide bonds. The summed E-state index contributed by atoms with van der Waals surface area (Å²) in [6.07, 6.45) is 8.04. The van der Waals surface area contributed by atoms with E-state index in [1.54, 1.807) is 0 Å². The highest BCUT2D eigenvalue weighted by molar-refractivity contribution is 5.96. The smallest absolute Gasteiger partial charge is 0.158 e. The number of anilines is 1. The lowest BCUT2D eigenvalue weighted by Crippen LogP contribution is -2.22. The van der Waals surface area contributed by atoms with Crippen LogP contribution in [-0.4, -0.2) is 12.8 Å². The van der Waals surface area contributed by atoms with Crippen molar-refractivity contribution in [2.45, 2.75) is 44.9 Å². The van der Waals surface area contributed by atoms with Gasteiger partial charge in [-0.1, -0.05) is 38.1 Å². The highest BCUT2D eigenvalue weighted by Crippen LogP contribution is 2.46. The molecule has 1 heterocycles. The van der Waals surface area contributed by atoms with Crippen molar-refractivity contribution >= 4 is 11.5 Å². The van der Waals surface area contributed by atoms with E-state index in [2.05, 4.69) is 62.2 Å². The Morgan fingerprint density at radius 2 is 1.81 bits per heavy atom. The molecular formula is C19H23NO. The largest absolute Gasteiger partial charge is 0.347 e. The Bertz CT molecular complexity index is 637. The van der Waals surface area contributed by atoms with Gasteiger partial charge in [0.25, 0.3) is 0 Å². The molecule has 110 valence electrons. The van der Waals surface area contributed by atoms with Crippen LogP contribution in [0.15, 0.2) is 47.7 Å². The van der Waals surface area contributed by atoms with Gasteiger partial charge in [0.1, 0.15) is 0 Å². The zero-order valence-electron chi connectivity index (χ0n) is 13.1. The Kier molecular flexibility index (Phi) is 3.48. The van der Waals surface area contributed by atoms with Gasteiger partial charge in [-0.3, -0.25) is 4.79 Å². The van der Waals surface area contributed by atoms with Crippen LogP contribution in [0.25, 0.3) is 0 Å². The van der Waals surface area contributed by atoms with E-state index in [4.69, 9.17) is 0 Å². The average molecular weight is 281 g/mol. The SMILES string of the molecule is CN1/C(=C\C=C2\CCCCC2=O)C(C)(C)c2ccccc21. The molecule has 1 aromatic rings. The number of nitrogens with zero attached hydrogens (tertiary/aromatic N) is 1. The highest BCUT2D eigenvalue weighted by atomic mass is 16.1. The fourth-order valence-electron chi connectivity index (χ4n) is 3.56. The van der Waals surface area contributed by atoms with Crippen LogP contribution in [0.4, 0.5) is 5.69 Å². The van der Waals surface area contributed by atoms with Gasteiger partial charge in [0.15, 0.2) is 5.78 Å². The summed E-state index contributed by atoms with van der Waals surface area (Å²) < 4.78 is 0. The van der Waals surface area contributed by atoms with Crippen LogP contribution in [0.1, 0.15) is 45.1 Å². The van der Waals surface area contributed by atoms with Gasteiger partial charge in [-0.05, 0) is 42.5 Å². The van der Waals surface area contributed by atoms with Crippen molar-refractivity contribution in [2.75, 3.05) is 11.9 Å². The normalized spacial score (nSPS) is 24.7. The number of likely N-dealkylation sites (N-methyl/N-ethyl adjacent to an activating group) is 1. The molecule has 0 bridgehead atoms. The number of rotatable bonds is 1. The minimum Gasteiger partial charge on any atom is -0.347 e. The third kappa shape index (κ3) is 2.33. The molecule has 0 spiro atoms. The van der Waals surface area contributed by atoms with Gasteiger partial charge < -0.3 is 4.90 Å². The van der Waals surface area contributed by atoms with Crippen LogP contribution in [0.3, 0.4) is 0 Å². The van der Waals surface area contributed by atoms with E-state index in [0.29, 0.717) is 12.2 Å². The molecule has 1 saturated carbocycles. The van der Waals surface area contributed by atoms with Crippen molar-refractivity contribution in [3.8, 4) is 0 Å². The van der Waals surface area contributed by atoms with Gasteiger partial charge in [0, 0.05) is 30.3 Å². The van der Waals surface area contributed by atoms with Crippen molar-refractivity contribution in [3.63, 3.8) is 0 Å². The fraction of sp³-hybridized carbons (Fsp3) is 0.421. The number of Topliss-reactive ketones (excluding diaryl/α,β-unsaturated/α-hetero) is 1. The second-order valence-corrected chi connectivity index (χ2v) is 6.58. The van der Waals surface area contributed by atoms with E-state index in [1.165, 1.54) is 16.9 Å². The summed E-state index contributed by atoms with van der Waals surface area (Å²) in [4.78, 5) is 14.2. The average Bonchev–Trinajstić information content (AvgIpc) is 2.67. The number of carbonyl (C=O) groups excluding carboxylic acids is 1. The number of benzene rings is 1. The summed E-state index contributed by atoms with van der Waals surface area (Å²) in [7, 11) is 2.11. The van der Waals surface area contributed by atoms with Crippen LogP contribution < -0.4 is 4.90 Å². The van der Waals surface area contributed by atoms with Crippen LogP contribution in [0.5, 0.6) is 0 Å². The summed E-state index contributed by atoms with van der Waals surface area (Å²) >= 11 is 0. The number of hydrogen-bond donors (Lipinski definition) is 0. The van der Waals surface area contributed by atoms with Gasteiger partial charge in [-0.2, -0.15) is 0 Å². The van der Waals surface area contributed by atoms with Crippen LogP contribution >= 0.6 is 0 Å². The molecule has 0 unspecified atom stereocenters. The van der Waals surface area contributed by atoms with E-state index in [-0.39, 0.29) is 5.41 Å². The van der Waals surface area contributed by atoms with E-state index < -0.39 is 0 Å². The maximum atomic E-state index is 11.9. The van der Waals surface area contributed by atoms with Crippen molar-refractivity contribution in [1.82, 2.24) is 0 Å². The van der Waals surface area contributed by atoms with Gasteiger partial charge in [0.05, 0.1) is 0 Å². The summed E-state index contributed by atoms with van der Waals surface area (Å²) in [5.74, 6) is 0.328. The van der Waals surface area contributed by atoms with Crippen molar-refractivity contribution < 1.29 is 4.79 Å². The molecule has 21 heavy (non-hydrogen) atoms. The third-order valence-corrected chi connectivity index (χ3v) is 4.84. The molecule has 0 saturated heterocycles. The van der Waals surface area contributed by atoms with Gasteiger partial charge in [-0.15, -0.1) is 0 Å². The first-order chi connectivity index (χ1) is 10.0. The van der Waals surface area contributed by atoms with E-state index in [9.17, 15) is 4.79 Å². The molecule has 1 aromatic carbocycles. The lowest BCUT2D eigenvalue weighted by atomic mass is 9.83. The Balaban J connectivity index is 1.98. The number of carbonyl (C=O) groups is 1. The lowest BCUT2D eigenvalue weighted by molar-refractivity contribution is -0.116. The maximum Gasteiger partial charge on any atom is 0.158 e.